The van der Waals surface area contributed by atoms with E-state index in [-0.39, 0.29) is 23.2 Å². The van der Waals surface area contributed by atoms with E-state index in [0.29, 0.717) is 17.0 Å². The number of nitrogens with zero attached hydrogens (tertiary/aromatic N) is 1. The van der Waals surface area contributed by atoms with Crippen LogP contribution in [-0.2, 0) is 4.79 Å². The zero-order valence-corrected chi connectivity index (χ0v) is 14.3. The summed E-state index contributed by atoms with van der Waals surface area (Å²) in [6, 6.07) is 8.38. The lowest BCUT2D eigenvalue weighted by Gasteiger charge is -2.11. The van der Waals surface area contributed by atoms with E-state index in [4.69, 9.17) is 16.3 Å². The Kier molecular flexibility index (Phi) is 5.41. The second-order valence-electron chi connectivity index (χ2n) is 5.54. The van der Waals surface area contributed by atoms with Gasteiger partial charge < -0.3 is 10.1 Å². The standard InChI is InChI=1S/C17H17ClN2O4/c1-10-4-11(2)6-13(5-10)24-9-17(21)19-15-8-14(18)16(20(22)23)7-12(15)3/h4-8H,9H2,1-3H3,(H,19,21). The highest BCUT2D eigenvalue weighted by atomic mass is 35.5. The van der Waals surface area contributed by atoms with Crippen molar-refractivity contribution in [3.8, 4) is 5.75 Å². The number of halogens is 1. The number of nitro benzene ring substituents is 1. The maximum Gasteiger partial charge on any atom is 0.288 e. The van der Waals surface area contributed by atoms with Gasteiger partial charge in [0.1, 0.15) is 10.8 Å². The number of anilines is 1. The van der Waals surface area contributed by atoms with Crippen LogP contribution in [0.3, 0.4) is 0 Å². The average molecular weight is 349 g/mol. The molecule has 2 aromatic rings. The van der Waals surface area contributed by atoms with Crippen molar-refractivity contribution in [2.24, 2.45) is 0 Å². The van der Waals surface area contributed by atoms with Crippen molar-refractivity contribution < 1.29 is 14.5 Å². The smallest absolute Gasteiger partial charge is 0.288 e. The molecule has 0 aliphatic rings. The highest BCUT2D eigenvalue weighted by molar-refractivity contribution is 6.33. The molecule has 0 aliphatic carbocycles. The average Bonchev–Trinajstić information content (AvgIpc) is 2.47. The number of amides is 1. The molecule has 2 aromatic carbocycles. The molecule has 2 rings (SSSR count). The fraction of sp³-hybridized carbons (Fsp3) is 0.235. The monoisotopic (exact) mass is 348 g/mol. The molecule has 126 valence electrons. The van der Waals surface area contributed by atoms with Gasteiger partial charge in [-0.05, 0) is 55.7 Å². The van der Waals surface area contributed by atoms with Crippen molar-refractivity contribution >= 4 is 28.9 Å². The Bertz CT molecular complexity index is 785. The molecule has 0 heterocycles. The van der Waals surface area contributed by atoms with Crippen molar-refractivity contribution in [3.63, 3.8) is 0 Å². The van der Waals surface area contributed by atoms with Crippen molar-refractivity contribution in [1.82, 2.24) is 0 Å². The van der Waals surface area contributed by atoms with E-state index in [1.54, 1.807) is 6.92 Å². The number of ether oxygens (including phenoxy) is 1. The molecule has 24 heavy (non-hydrogen) atoms. The van der Waals surface area contributed by atoms with E-state index < -0.39 is 4.92 Å². The van der Waals surface area contributed by atoms with Gasteiger partial charge in [-0.25, -0.2) is 0 Å². The van der Waals surface area contributed by atoms with Gasteiger partial charge in [0.05, 0.1) is 4.92 Å². The summed E-state index contributed by atoms with van der Waals surface area (Å²) < 4.78 is 5.48. The van der Waals surface area contributed by atoms with Crippen LogP contribution in [0, 0.1) is 30.9 Å². The van der Waals surface area contributed by atoms with Crippen LogP contribution >= 0.6 is 11.6 Å². The van der Waals surface area contributed by atoms with E-state index in [1.807, 2.05) is 32.0 Å². The lowest BCUT2D eigenvalue weighted by molar-refractivity contribution is -0.384. The maximum atomic E-state index is 12.0. The zero-order chi connectivity index (χ0) is 17.9. The summed E-state index contributed by atoms with van der Waals surface area (Å²) in [6.07, 6.45) is 0. The first-order valence-electron chi connectivity index (χ1n) is 7.21. The van der Waals surface area contributed by atoms with Gasteiger partial charge in [0, 0.05) is 11.8 Å². The van der Waals surface area contributed by atoms with Gasteiger partial charge in [-0.15, -0.1) is 0 Å². The second kappa shape index (κ2) is 7.31. The van der Waals surface area contributed by atoms with Crippen molar-refractivity contribution in [3.05, 3.63) is 62.2 Å². The molecule has 6 nitrogen and oxygen atoms in total. The molecule has 1 amide bonds. The van der Waals surface area contributed by atoms with E-state index >= 15 is 0 Å². The quantitative estimate of drug-likeness (QED) is 0.648. The predicted molar refractivity (Wildman–Crippen MR) is 92.9 cm³/mol. The lowest BCUT2D eigenvalue weighted by Crippen LogP contribution is -2.20. The number of carbonyl (C=O) groups is 1. The van der Waals surface area contributed by atoms with Gasteiger partial charge in [0.2, 0.25) is 0 Å². The Hall–Kier alpha value is -2.60. The van der Waals surface area contributed by atoms with Gasteiger partial charge in [0.25, 0.3) is 11.6 Å². The van der Waals surface area contributed by atoms with Gasteiger partial charge in [-0.2, -0.15) is 0 Å². The predicted octanol–water partition coefficient (Wildman–Crippen LogP) is 4.19. The van der Waals surface area contributed by atoms with Crippen LogP contribution in [0.1, 0.15) is 16.7 Å². The Morgan fingerprint density at radius 2 is 1.79 bits per heavy atom. The summed E-state index contributed by atoms with van der Waals surface area (Å²) in [6.45, 7) is 5.38. The Labute approximate surface area is 144 Å². The van der Waals surface area contributed by atoms with E-state index in [2.05, 4.69) is 5.32 Å². The van der Waals surface area contributed by atoms with E-state index in [0.717, 1.165) is 11.1 Å². The molecule has 0 radical (unpaired) electrons. The van der Waals surface area contributed by atoms with E-state index in [9.17, 15) is 14.9 Å². The van der Waals surface area contributed by atoms with Gasteiger partial charge in [-0.1, -0.05) is 17.7 Å². The van der Waals surface area contributed by atoms with Crippen LogP contribution in [0.25, 0.3) is 0 Å². The van der Waals surface area contributed by atoms with Crippen LogP contribution in [-0.4, -0.2) is 17.4 Å². The number of nitro groups is 1. The normalized spacial score (nSPS) is 10.3. The number of rotatable bonds is 5. The van der Waals surface area contributed by atoms with Gasteiger partial charge >= 0.3 is 0 Å². The van der Waals surface area contributed by atoms with E-state index in [1.165, 1.54) is 12.1 Å². The minimum atomic E-state index is -0.565. The molecule has 0 spiro atoms. The molecule has 0 fully saturated rings. The van der Waals surface area contributed by atoms with Crippen molar-refractivity contribution in [2.45, 2.75) is 20.8 Å². The molecule has 0 unspecified atom stereocenters. The van der Waals surface area contributed by atoms with Gasteiger partial charge in [0.15, 0.2) is 6.61 Å². The largest absolute Gasteiger partial charge is 0.484 e. The molecular weight excluding hydrogens is 332 g/mol. The first kappa shape index (κ1) is 17.7. The number of benzene rings is 2. The lowest BCUT2D eigenvalue weighted by atomic mass is 10.1. The van der Waals surface area contributed by atoms with Crippen LogP contribution in [0.15, 0.2) is 30.3 Å². The summed E-state index contributed by atoms with van der Waals surface area (Å²) in [7, 11) is 0. The van der Waals surface area contributed by atoms with Gasteiger partial charge in [-0.3, -0.25) is 14.9 Å². The number of nitrogens with one attached hydrogen (secondary N) is 1. The van der Waals surface area contributed by atoms with Crippen LogP contribution < -0.4 is 10.1 Å². The molecule has 0 bridgehead atoms. The fourth-order valence-corrected chi connectivity index (χ4v) is 2.52. The molecule has 1 N–H and O–H groups in total. The Morgan fingerprint density at radius 3 is 2.38 bits per heavy atom. The third-order valence-electron chi connectivity index (χ3n) is 3.33. The maximum absolute atomic E-state index is 12.0. The summed E-state index contributed by atoms with van der Waals surface area (Å²) in [4.78, 5) is 22.3. The molecule has 0 aromatic heterocycles. The third-order valence-corrected chi connectivity index (χ3v) is 3.63. The molecule has 0 saturated carbocycles. The number of hydrogen-bond acceptors (Lipinski definition) is 4. The Morgan fingerprint density at radius 1 is 1.17 bits per heavy atom. The molecule has 0 saturated heterocycles. The first-order valence-corrected chi connectivity index (χ1v) is 7.59. The van der Waals surface area contributed by atoms with Crippen LogP contribution in [0.4, 0.5) is 11.4 Å². The topological polar surface area (TPSA) is 81.5 Å². The zero-order valence-electron chi connectivity index (χ0n) is 13.6. The molecule has 0 aliphatic heterocycles. The highest BCUT2D eigenvalue weighted by Gasteiger charge is 2.16. The minimum Gasteiger partial charge on any atom is -0.484 e. The summed E-state index contributed by atoms with van der Waals surface area (Å²) >= 11 is 5.86. The first-order chi connectivity index (χ1) is 11.3. The fourth-order valence-electron chi connectivity index (χ4n) is 2.29. The molecule has 0 atom stereocenters. The third kappa shape index (κ3) is 4.45. The van der Waals surface area contributed by atoms with Crippen LogP contribution in [0.5, 0.6) is 5.75 Å². The Balaban J connectivity index is 2.04. The number of aryl methyl sites for hydroxylation is 3. The second-order valence-corrected chi connectivity index (χ2v) is 5.94. The number of carbonyl (C=O) groups excluding carboxylic acids is 1. The SMILES string of the molecule is Cc1cc(C)cc(OCC(=O)Nc2cc(Cl)c([N+](=O)[O-])cc2C)c1. The highest BCUT2D eigenvalue weighted by Crippen LogP contribution is 2.30. The molecule has 7 heteroatoms. The van der Waals surface area contributed by atoms with Crippen molar-refractivity contribution in [1.29, 1.82) is 0 Å². The minimum absolute atomic E-state index is 0.0314. The summed E-state index contributed by atoms with van der Waals surface area (Å²) in [5, 5.41) is 13.4. The van der Waals surface area contributed by atoms with Crippen LogP contribution in [0.2, 0.25) is 5.02 Å². The summed E-state index contributed by atoms with van der Waals surface area (Å²) in [5.41, 5.74) is 2.86. The molecular formula is C17H17ClN2O4. The summed E-state index contributed by atoms with van der Waals surface area (Å²) in [5.74, 6) is 0.239. The number of hydrogen-bond donors (Lipinski definition) is 1. The van der Waals surface area contributed by atoms with Crippen molar-refractivity contribution in [2.75, 3.05) is 11.9 Å².